The van der Waals surface area contributed by atoms with E-state index in [4.69, 9.17) is 26.8 Å². The van der Waals surface area contributed by atoms with Crippen LogP contribution in [0.1, 0.15) is 12.5 Å². The molecule has 3 N–H and O–H groups in total. The number of benzene rings is 2. The number of rotatable bonds is 6. The largest absolute Gasteiger partial charge is 0.495 e. The maximum atomic E-state index is 6.08. The summed E-state index contributed by atoms with van der Waals surface area (Å²) in [7, 11) is 1.57. The van der Waals surface area contributed by atoms with Gasteiger partial charge in [0.2, 0.25) is 0 Å². The lowest BCUT2D eigenvalue weighted by Crippen LogP contribution is -2.22. The van der Waals surface area contributed by atoms with Crippen LogP contribution in [0.3, 0.4) is 0 Å². The van der Waals surface area contributed by atoms with Gasteiger partial charge in [0.15, 0.2) is 5.96 Å². The molecule has 0 radical (unpaired) electrons. The molecule has 5 nitrogen and oxygen atoms in total. The van der Waals surface area contributed by atoms with Crippen LogP contribution in [0.2, 0.25) is 5.02 Å². The van der Waals surface area contributed by atoms with Gasteiger partial charge in [0.25, 0.3) is 0 Å². The number of methoxy groups -OCH3 is 1. The molecule has 0 fully saturated rings. The van der Waals surface area contributed by atoms with Crippen LogP contribution in [0.4, 0.5) is 5.69 Å². The Morgan fingerprint density at radius 1 is 1.22 bits per heavy atom. The molecule has 0 atom stereocenters. The van der Waals surface area contributed by atoms with Crippen LogP contribution >= 0.6 is 11.6 Å². The van der Waals surface area contributed by atoms with Crippen LogP contribution in [0.15, 0.2) is 47.5 Å². The quantitative estimate of drug-likeness (QED) is 0.625. The van der Waals surface area contributed by atoms with E-state index in [-0.39, 0.29) is 0 Å². The summed E-state index contributed by atoms with van der Waals surface area (Å²) in [5.41, 5.74) is 7.65. The van der Waals surface area contributed by atoms with Gasteiger partial charge in [0.05, 0.1) is 25.3 Å². The van der Waals surface area contributed by atoms with E-state index in [1.807, 2.05) is 37.3 Å². The van der Waals surface area contributed by atoms with Crippen LogP contribution in [0.5, 0.6) is 11.5 Å². The van der Waals surface area contributed by atoms with Crippen LogP contribution in [0.25, 0.3) is 0 Å². The Kier molecular flexibility index (Phi) is 6.11. The van der Waals surface area contributed by atoms with Crippen LogP contribution in [-0.4, -0.2) is 19.7 Å². The van der Waals surface area contributed by atoms with Crippen molar-refractivity contribution in [2.45, 2.75) is 13.5 Å². The summed E-state index contributed by atoms with van der Waals surface area (Å²) in [5.74, 6) is 1.73. The number of nitrogens with zero attached hydrogens (tertiary/aromatic N) is 1. The second-order valence-electron chi connectivity index (χ2n) is 4.72. The van der Waals surface area contributed by atoms with E-state index in [2.05, 4.69) is 10.3 Å². The first kappa shape index (κ1) is 17.0. The molecule has 2 aromatic rings. The number of guanidine groups is 1. The van der Waals surface area contributed by atoms with E-state index in [1.54, 1.807) is 19.2 Å². The van der Waals surface area contributed by atoms with Gasteiger partial charge in [-0.2, -0.15) is 0 Å². The molecule has 122 valence electrons. The molecular weight excluding hydrogens is 314 g/mol. The summed E-state index contributed by atoms with van der Waals surface area (Å²) in [4.78, 5) is 4.33. The average Bonchev–Trinajstić information content (AvgIpc) is 2.54. The van der Waals surface area contributed by atoms with E-state index < -0.39 is 0 Å². The van der Waals surface area contributed by atoms with Gasteiger partial charge in [-0.05, 0) is 31.2 Å². The van der Waals surface area contributed by atoms with Gasteiger partial charge in [-0.15, -0.1) is 0 Å². The van der Waals surface area contributed by atoms with Gasteiger partial charge < -0.3 is 20.5 Å². The molecule has 0 bridgehead atoms. The zero-order valence-corrected chi connectivity index (χ0v) is 13.9. The van der Waals surface area contributed by atoms with Crippen molar-refractivity contribution in [3.05, 3.63) is 53.1 Å². The third kappa shape index (κ3) is 4.79. The van der Waals surface area contributed by atoms with Crippen LogP contribution in [0, 0.1) is 0 Å². The van der Waals surface area contributed by atoms with E-state index in [0.29, 0.717) is 29.9 Å². The fourth-order valence-electron chi connectivity index (χ4n) is 2.03. The summed E-state index contributed by atoms with van der Waals surface area (Å²) >= 11 is 6.08. The summed E-state index contributed by atoms with van der Waals surface area (Å²) in [5, 5.41) is 3.51. The van der Waals surface area contributed by atoms with Crippen molar-refractivity contribution in [1.82, 2.24) is 0 Å². The molecule has 0 spiro atoms. The predicted octanol–water partition coefficient (Wildman–Crippen LogP) is 3.67. The second kappa shape index (κ2) is 8.29. The summed E-state index contributed by atoms with van der Waals surface area (Å²) in [6, 6.07) is 13.1. The zero-order valence-electron chi connectivity index (χ0n) is 13.2. The first-order valence-electron chi connectivity index (χ1n) is 7.25. The fourth-order valence-corrected chi connectivity index (χ4v) is 2.29. The molecule has 6 heteroatoms. The second-order valence-corrected chi connectivity index (χ2v) is 5.12. The molecule has 0 aliphatic heterocycles. The lowest BCUT2D eigenvalue weighted by molar-refractivity contribution is 0.336. The summed E-state index contributed by atoms with van der Waals surface area (Å²) in [6.07, 6.45) is 0. The van der Waals surface area contributed by atoms with Gasteiger partial charge >= 0.3 is 0 Å². The molecule has 0 aliphatic rings. The van der Waals surface area contributed by atoms with Gasteiger partial charge in [-0.1, -0.05) is 29.8 Å². The maximum absolute atomic E-state index is 6.08. The molecular formula is C17H20ClN3O2. The van der Waals surface area contributed by atoms with Crippen LogP contribution < -0.4 is 20.5 Å². The zero-order chi connectivity index (χ0) is 16.7. The van der Waals surface area contributed by atoms with E-state index in [1.165, 1.54) is 0 Å². The monoisotopic (exact) mass is 333 g/mol. The number of aliphatic imine (C=N–C) groups is 1. The number of hydrogen-bond donors (Lipinski definition) is 2. The highest BCUT2D eigenvalue weighted by Crippen LogP contribution is 2.27. The van der Waals surface area contributed by atoms with Gasteiger partial charge in [0.1, 0.15) is 11.5 Å². The Hall–Kier alpha value is -2.40. The topological polar surface area (TPSA) is 68.9 Å². The van der Waals surface area contributed by atoms with Gasteiger partial charge in [-0.25, -0.2) is 4.99 Å². The molecule has 23 heavy (non-hydrogen) atoms. The SMILES string of the molecule is CCOc1ccccc1CN=C(N)Nc1ccc(OC)c(Cl)c1. The highest BCUT2D eigenvalue weighted by molar-refractivity contribution is 6.32. The van der Waals surface area contributed by atoms with Crippen molar-refractivity contribution in [3.8, 4) is 11.5 Å². The minimum atomic E-state index is 0.303. The molecule has 0 amide bonds. The number of halogens is 1. The van der Waals surface area contributed by atoms with Crippen molar-refractivity contribution >= 4 is 23.2 Å². The fraction of sp³-hybridized carbons (Fsp3) is 0.235. The van der Waals surface area contributed by atoms with Crippen molar-refractivity contribution < 1.29 is 9.47 Å². The van der Waals surface area contributed by atoms with Crippen molar-refractivity contribution in [3.63, 3.8) is 0 Å². The smallest absolute Gasteiger partial charge is 0.193 e. The number of nitrogens with one attached hydrogen (secondary N) is 1. The molecule has 0 aromatic heterocycles. The highest BCUT2D eigenvalue weighted by Gasteiger charge is 2.04. The number of anilines is 1. The molecule has 0 unspecified atom stereocenters. The molecule has 0 saturated heterocycles. The summed E-state index contributed by atoms with van der Waals surface area (Å²) < 4.78 is 10.7. The maximum Gasteiger partial charge on any atom is 0.193 e. The highest BCUT2D eigenvalue weighted by atomic mass is 35.5. The van der Waals surface area contributed by atoms with Crippen LogP contribution in [-0.2, 0) is 6.54 Å². The molecule has 0 saturated carbocycles. The molecule has 2 rings (SSSR count). The van der Waals surface area contributed by atoms with E-state index >= 15 is 0 Å². The third-order valence-corrected chi connectivity index (χ3v) is 3.41. The van der Waals surface area contributed by atoms with Crippen molar-refractivity contribution in [2.24, 2.45) is 10.7 Å². The van der Waals surface area contributed by atoms with Crippen molar-refractivity contribution in [2.75, 3.05) is 19.0 Å². The number of para-hydroxylation sites is 1. The Morgan fingerprint density at radius 3 is 2.70 bits per heavy atom. The average molecular weight is 334 g/mol. The Balaban J connectivity index is 2.04. The first-order chi connectivity index (χ1) is 11.1. The van der Waals surface area contributed by atoms with Gasteiger partial charge in [-0.3, -0.25) is 0 Å². The van der Waals surface area contributed by atoms with E-state index in [0.717, 1.165) is 17.0 Å². The predicted molar refractivity (Wildman–Crippen MR) is 94.6 cm³/mol. The molecule has 2 aromatic carbocycles. The Morgan fingerprint density at radius 2 is 2.00 bits per heavy atom. The normalized spacial score (nSPS) is 11.2. The van der Waals surface area contributed by atoms with Gasteiger partial charge in [0, 0.05) is 11.3 Å². The standard InChI is InChI=1S/C17H20ClN3O2/c1-3-23-15-7-5-4-6-12(15)11-20-17(19)21-13-8-9-16(22-2)14(18)10-13/h4-10H,3,11H2,1-2H3,(H3,19,20,21). The minimum absolute atomic E-state index is 0.303. The number of ether oxygens (including phenoxy) is 2. The Bertz CT molecular complexity index is 689. The summed E-state index contributed by atoms with van der Waals surface area (Å²) in [6.45, 7) is 2.99. The lowest BCUT2D eigenvalue weighted by Gasteiger charge is -2.10. The van der Waals surface area contributed by atoms with Crippen molar-refractivity contribution in [1.29, 1.82) is 0 Å². The Labute approximate surface area is 141 Å². The molecule has 0 heterocycles. The number of hydrogen-bond acceptors (Lipinski definition) is 3. The molecule has 0 aliphatic carbocycles. The first-order valence-corrected chi connectivity index (χ1v) is 7.63. The lowest BCUT2D eigenvalue weighted by atomic mass is 10.2. The van der Waals surface area contributed by atoms with E-state index in [9.17, 15) is 0 Å². The number of nitrogens with two attached hydrogens (primary N) is 1. The minimum Gasteiger partial charge on any atom is -0.495 e. The third-order valence-electron chi connectivity index (χ3n) is 3.12.